The Morgan fingerprint density at radius 2 is 1.61 bits per heavy atom. The second kappa shape index (κ2) is 34.0. The molecule has 0 bridgehead atoms. The van der Waals surface area contributed by atoms with E-state index in [-0.39, 0.29) is 37.3 Å². The fourth-order valence-electron chi connectivity index (χ4n) is 4.80. The minimum atomic E-state index is -1.00. The third kappa shape index (κ3) is 25.7. The molecule has 1 heterocycles. The van der Waals surface area contributed by atoms with E-state index in [0.29, 0.717) is 11.4 Å². The van der Waals surface area contributed by atoms with E-state index in [2.05, 4.69) is 57.5 Å². The number of thiocarbonyl (C=S) groups is 1. The number of aromatic nitrogens is 1. The van der Waals surface area contributed by atoms with E-state index in [1.807, 2.05) is 106 Å². The zero-order chi connectivity index (χ0) is 43.8. The van der Waals surface area contributed by atoms with Gasteiger partial charge in [0, 0.05) is 30.9 Å². The molecule has 322 valence electrons. The summed E-state index contributed by atoms with van der Waals surface area (Å²) in [7, 11) is 1.65. The molecular weight excluding hydrogens is 757 g/mol. The first-order valence-electron chi connectivity index (χ1n) is 20.3. The lowest BCUT2D eigenvalue weighted by atomic mass is 9.96. The Balaban J connectivity index is 0. The molecule has 1 unspecified atom stereocenters. The van der Waals surface area contributed by atoms with E-state index in [9.17, 15) is 19.5 Å². The summed E-state index contributed by atoms with van der Waals surface area (Å²) in [6, 6.07) is 7.14. The first-order valence-corrected chi connectivity index (χ1v) is 21.6. The Kier molecular flexibility index (Phi) is 32.8. The van der Waals surface area contributed by atoms with Crippen LogP contribution in [0.15, 0.2) is 78.1 Å². The highest BCUT2D eigenvalue weighted by molar-refractivity contribution is 7.80. The summed E-state index contributed by atoms with van der Waals surface area (Å²) in [5.41, 5.74) is 3.37. The monoisotopic (exact) mass is 831 g/mol. The molecule has 11 nitrogen and oxygen atoms in total. The van der Waals surface area contributed by atoms with Crippen molar-refractivity contribution in [3.05, 3.63) is 88.6 Å². The van der Waals surface area contributed by atoms with Gasteiger partial charge in [0.25, 0.3) is 0 Å². The number of rotatable bonds is 19. The lowest BCUT2D eigenvalue weighted by molar-refractivity contribution is -0.124. The predicted octanol–water partition coefficient (Wildman–Crippen LogP) is 9.35. The molecule has 0 aliphatic heterocycles. The molecule has 4 atom stereocenters. The average molecular weight is 831 g/mol. The number of hydrogen-bond acceptors (Lipinski definition) is 8. The number of urea groups is 1. The highest BCUT2D eigenvalue weighted by atomic mass is 32.1. The van der Waals surface area contributed by atoms with Gasteiger partial charge in [-0.3, -0.25) is 9.78 Å². The van der Waals surface area contributed by atoms with Crippen LogP contribution in [0.25, 0.3) is 0 Å². The van der Waals surface area contributed by atoms with Gasteiger partial charge in [0.05, 0.1) is 34.1 Å². The van der Waals surface area contributed by atoms with Crippen molar-refractivity contribution >= 4 is 46.6 Å². The average Bonchev–Trinajstić information content (AvgIpc) is 3.73. The number of aliphatic hydroxyl groups excluding tert-OH is 1. The van der Waals surface area contributed by atoms with Crippen molar-refractivity contribution in [2.45, 2.75) is 140 Å². The van der Waals surface area contributed by atoms with Gasteiger partial charge >= 0.3 is 12.1 Å². The van der Waals surface area contributed by atoms with Crippen molar-refractivity contribution in [1.29, 1.82) is 0 Å². The summed E-state index contributed by atoms with van der Waals surface area (Å²) >= 11 is 6.75. The second-order valence-electron chi connectivity index (χ2n) is 13.4. The number of benzene rings is 1. The third-order valence-corrected chi connectivity index (χ3v) is 9.25. The molecule has 0 aliphatic carbocycles. The number of nitrogens with zero attached hydrogens (tertiary/aromatic N) is 2. The minimum Gasteiger partial charge on any atom is -0.444 e. The van der Waals surface area contributed by atoms with Gasteiger partial charge in [-0.2, -0.15) is 0 Å². The van der Waals surface area contributed by atoms with Crippen LogP contribution in [-0.4, -0.2) is 75.8 Å². The van der Waals surface area contributed by atoms with Gasteiger partial charge in [-0.1, -0.05) is 135 Å². The van der Waals surface area contributed by atoms with Crippen LogP contribution in [0.4, 0.5) is 9.59 Å². The SMILES string of the molecule is C/C=C(/CN(C)C(=O)NC(C(=O)N[C@@H](C)C[C@H](O)[C@H](Cc1ccccc1)NC(=O)OCc1cncs1)C(C)C)NC(=S)C(C)C.C/C=C\C/C=C\CC.CC.CC. The number of amides is 4. The quantitative estimate of drug-likeness (QED) is 0.0696. The molecule has 0 fully saturated rings. The normalized spacial score (nSPS) is 13.1. The predicted molar refractivity (Wildman–Crippen MR) is 243 cm³/mol. The van der Waals surface area contributed by atoms with E-state index in [1.165, 1.54) is 16.2 Å². The van der Waals surface area contributed by atoms with Crippen LogP contribution in [0.2, 0.25) is 0 Å². The van der Waals surface area contributed by atoms with E-state index in [4.69, 9.17) is 17.0 Å². The van der Waals surface area contributed by atoms with Crippen molar-refractivity contribution in [1.82, 2.24) is 31.2 Å². The summed E-state index contributed by atoms with van der Waals surface area (Å²) in [5, 5.41) is 22.9. The molecule has 2 aromatic rings. The first-order chi connectivity index (χ1) is 27.2. The molecule has 0 radical (unpaired) electrons. The van der Waals surface area contributed by atoms with Crippen LogP contribution < -0.4 is 21.3 Å². The van der Waals surface area contributed by atoms with Gasteiger partial charge in [0.2, 0.25) is 5.91 Å². The molecule has 0 aliphatic rings. The van der Waals surface area contributed by atoms with Crippen molar-refractivity contribution < 1.29 is 24.2 Å². The number of allylic oxidation sites excluding steroid dienone is 5. The smallest absolute Gasteiger partial charge is 0.407 e. The Morgan fingerprint density at radius 3 is 2.14 bits per heavy atom. The number of alkyl carbamates (subject to hydrolysis) is 1. The number of aliphatic hydroxyl groups is 1. The molecule has 57 heavy (non-hydrogen) atoms. The molecule has 1 aromatic heterocycles. The van der Waals surface area contributed by atoms with Crippen molar-refractivity contribution in [2.24, 2.45) is 11.8 Å². The van der Waals surface area contributed by atoms with Crippen LogP contribution in [0.5, 0.6) is 0 Å². The van der Waals surface area contributed by atoms with Crippen molar-refractivity contribution in [2.75, 3.05) is 13.6 Å². The van der Waals surface area contributed by atoms with Crippen LogP contribution in [0.1, 0.15) is 113 Å². The van der Waals surface area contributed by atoms with Crippen molar-refractivity contribution in [3.8, 4) is 0 Å². The van der Waals surface area contributed by atoms with E-state index in [0.717, 1.165) is 29.0 Å². The largest absolute Gasteiger partial charge is 0.444 e. The number of likely N-dealkylation sites (N-methyl/N-ethyl adjacent to an activating group) is 1. The standard InChI is InChI=1S/C32H48N6O5S2.C8H14.2C2H6/c1-8-24(35-30(44)21(4)5)17-38(7)31(41)37-28(20(2)3)29(40)34-22(6)14-27(39)26(15-23-12-10-9-11-13-23)36-32(42)43-18-25-16-33-19-45-25;1-3-5-7-8-6-4-2;2*1-2/h8-13,16,19-22,26-28,39H,14-15,17-18H2,1-7H3,(H,34,40)(H,35,44)(H,36,42)(H,37,41);3,5-6,8H,4,7H2,1-2H3;2*1-2H3/b24-8-;5-3-,8-6-;;/t22-,26-,27-,28?;;;/m0.../s1. The Morgan fingerprint density at radius 1 is 0.965 bits per heavy atom. The first kappa shape index (κ1) is 55.0. The van der Waals surface area contributed by atoms with Crippen LogP contribution in [-0.2, 0) is 22.6 Å². The number of nitrogens with one attached hydrogen (secondary N) is 4. The summed E-state index contributed by atoms with van der Waals surface area (Å²) in [6.07, 6.45) is 13.2. The number of hydrogen-bond donors (Lipinski definition) is 5. The summed E-state index contributed by atoms with van der Waals surface area (Å²) in [6.45, 7) is 23.9. The molecule has 0 spiro atoms. The maximum absolute atomic E-state index is 13.3. The third-order valence-electron chi connectivity index (χ3n) is 7.93. The van der Waals surface area contributed by atoms with Crippen LogP contribution >= 0.6 is 23.6 Å². The van der Waals surface area contributed by atoms with Gasteiger partial charge in [-0.05, 0) is 57.9 Å². The lowest BCUT2D eigenvalue weighted by Crippen LogP contribution is -2.55. The van der Waals surface area contributed by atoms with Gasteiger partial charge in [0.15, 0.2) is 0 Å². The molecular formula is C44H74N6O5S2. The van der Waals surface area contributed by atoms with Crippen LogP contribution in [0, 0.1) is 11.8 Å². The molecule has 5 N–H and O–H groups in total. The number of carbonyl (C=O) groups excluding carboxylic acids is 3. The fraction of sp³-hybridized carbons (Fsp3) is 0.568. The summed E-state index contributed by atoms with van der Waals surface area (Å²) in [4.78, 5) is 45.9. The van der Waals surface area contributed by atoms with E-state index >= 15 is 0 Å². The zero-order valence-corrected chi connectivity index (χ0v) is 38.6. The number of thiazole rings is 1. The van der Waals surface area contributed by atoms with Crippen LogP contribution in [0.3, 0.4) is 0 Å². The van der Waals surface area contributed by atoms with Crippen molar-refractivity contribution in [3.63, 3.8) is 0 Å². The number of carbonyl (C=O) groups is 3. The maximum atomic E-state index is 13.3. The zero-order valence-electron chi connectivity index (χ0n) is 36.9. The molecule has 0 saturated carbocycles. The Bertz CT molecular complexity index is 1450. The summed E-state index contributed by atoms with van der Waals surface area (Å²) < 4.78 is 5.33. The lowest BCUT2D eigenvalue weighted by Gasteiger charge is -2.29. The minimum absolute atomic E-state index is 0.0759. The fourth-order valence-corrected chi connectivity index (χ4v) is 5.44. The molecule has 1 aromatic carbocycles. The molecule has 4 amide bonds. The topological polar surface area (TPSA) is 145 Å². The van der Waals surface area contributed by atoms with Gasteiger partial charge in [-0.15, -0.1) is 11.3 Å². The van der Waals surface area contributed by atoms with Gasteiger partial charge in [-0.25, -0.2) is 9.59 Å². The Hall–Kier alpha value is -4.07. The molecule has 0 saturated heterocycles. The van der Waals surface area contributed by atoms with Gasteiger partial charge < -0.3 is 36.0 Å². The highest BCUT2D eigenvalue weighted by Gasteiger charge is 2.29. The number of ether oxygens (including phenoxy) is 1. The van der Waals surface area contributed by atoms with Gasteiger partial charge in [0.1, 0.15) is 12.6 Å². The maximum Gasteiger partial charge on any atom is 0.407 e. The summed E-state index contributed by atoms with van der Waals surface area (Å²) in [5.74, 6) is -0.405. The second-order valence-corrected chi connectivity index (χ2v) is 14.8. The molecule has 2 rings (SSSR count). The molecule has 13 heteroatoms. The van der Waals surface area contributed by atoms with E-state index < -0.39 is 36.4 Å². The Labute approximate surface area is 354 Å². The van der Waals surface area contributed by atoms with E-state index in [1.54, 1.807) is 25.7 Å². The highest BCUT2D eigenvalue weighted by Crippen LogP contribution is 2.13.